The predicted octanol–water partition coefficient (Wildman–Crippen LogP) is 0.496. The maximum Gasteiger partial charge on any atom is 0.309 e. The Morgan fingerprint density at radius 2 is 1.41 bits per heavy atom. The van der Waals surface area contributed by atoms with Crippen LogP contribution in [-0.2, 0) is 28.6 Å². The molecule has 17 heavy (non-hydrogen) atoms. The van der Waals surface area contributed by atoms with Crippen LogP contribution in [-0.4, -0.2) is 37.7 Å². The van der Waals surface area contributed by atoms with E-state index in [0.717, 1.165) is 0 Å². The molecule has 0 bridgehead atoms. The molecular formula is C11H17O6. The molecular weight excluding hydrogens is 228 g/mol. The SMILES string of the molecule is [CH2]C(CCOC(C)=O)C(=O)OCCOC(C)=O. The molecule has 0 amide bonds. The lowest BCUT2D eigenvalue weighted by atomic mass is 10.1. The second-order valence-corrected chi connectivity index (χ2v) is 3.33. The molecule has 0 aliphatic carbocycles. The van der Waals surface area contributed by atoms with Crippen LogP contribution in [0.25, 0.3) is 0 Å². The summed E-state index contributed by atoms with van der Waals surface area (Å²) in [6.07, 6.45) is 0.298. The molecule has 1 unspecified atom stereocenters. The second-order valence-electron chi connectivity index (χ2n) is 3.33. The van der Waals surface area contributed by atoms with Crippen LogP contribution in [0.2, 0.25) is 0 Å². The molecule has 0 N–H and O–H groups in total. The van der Waals surface area contributed by atoms with E-state index in [0.29, 0.717) is 6.42 Å². The molecule has 0 aromatic rings. The molecule has 0 rings (SSSR count). The van der Waals surface area contributed by atoms with Crippen LogP contribution >= 0.6 is 0 Å². The van der Waals surface area contributed by atoms with Gasteiger partial charge in [0.2, 0.25) is 0 Å². The maximum absolute atomic E-state index is 11.3. The van der Waals surface area contributed by atoms with Gasteiger partial charge in [0.25, 0.3) is 0 Å². The molecule has 1 radical (unpaired) electrons. The van der Waals surface area contributed by atoms with Crippen LogP contribution < -0.4 is 0 Å². The van der Waals surface area contributed by atoms with E-state index in [1.165, 1.54) is 13.8 Å². The van der Waals surface area contributed by atoms with Crippen molar-refractivity contribution >= 4 is 17.9 Å². The molecule has 6 heteroatoms. The molecule has 1 atom stereocenters. The van der Waals surface area contributed by atoms with Gasteiger partial charge in [0, 0.05) is 13.8 Å². The molecule has 0 saturated heterocycles. The van der Waals surface area contributed by atoms with Crippen molar-refractivity contribution in [1.29, 1.82) is 0 Å². The Morgan fingerprint density at radius 1 is 0.941 bits per heavy atom. The fourth-order valence-electron chi connectivity index (χ4n) is 0.908. The minimum atomic E-state index is -0.605. The van der Waals surface area contributed by atoms with Crippen LogP contribution in [0, 0.1) is 12.8 Å². The highest BCUT2D eigenvalue weighted by Gasteiger charge is 2.14. The number of esters is 3. The monoisotopic (exact) mass is 245 g/mol. The Balaban J connectivity index is 3.60. The van der Waals surface area contributed by atoms with E-state index in [1.54, 1.807) is 0 Å². The summed E-state index contributed by atoms with van der Waals surface area (Å²) in [4.78, 5) is 32.2. The van der Waals surface area contributed by atoms with Crippen molar-refractivity contribution in [1.82, 2.24) is 0 Å². The molecule has 97 valence electrons. The van der Waals surface area contributed by atoms with Gasteiger partial charge in [-0.1, -0.05) is 0 Å². The quantitative estimate of drug-likeness (QED) is 0.369. The Labute approximate surface area is 100 Å². The maximum atomic E-state index is 11.3. The van der Waals surface area contributed by atoms with Crippen LogP contribution in [0.15, 0.2) is 0 Å². The summed E-state index contributed by atoms with van der Waals surface area (Å²) in [5, 5.41) is 0. The molecule has 0 aliphatic rings. The van der Waals surface area contributed by atoms with Crippen molar-refractivity contribution in [2.75, 3.05) is 19.8 Å². The first-order valence-corrected chi connectivity index (χ1v) is 5.20. The lowest BCUT2D eigenvalue weighted by molar-refractivity contribution is -0.154. The summed E-state index contributed by atoms with van der Waals surface area (Å²) < 4.78 is 14.0. The van der Waals surface area contributed by atoms with E-state index in [1.807, 2.05) is 0 Å². The predicted molar refractivity (Wildman–Crippen MR) is 57.7 cm³/mol. The standard InChI is InChI=1S/C11H17O6/c1-8(4-5-15-9(2)12)11(14)17-7-6-16-10(3)13/h8H,1,4-7H2,2-3H3. The Morgan fingerprint density at radius 3 is 1.94 bits per heavy atom. The van der Waals surface area contributed by atoms with E-state index in [9.17, 15) is 14.4 Å². The van der Waals surface area contributed by atoms with Gasteiger partial charge in [-0.2, -0.15) is 0 Å². The number of ether oxygens (including phenoxy) is 3. The first-order chi connectivity index (χ1) is 7.93. The van der Waals surface area contributed by atoms with Gasteiger partial charge in [0.05, 0.1) is 12.5 Å². The Bertz CT molecular complexity index is 273. The van der Waals surface area contributed by atoms with E-state index in [-0.39, 0.29) is 19.8 Å². The lowest BCUT2D eigenvalue weighted by Crippen LogP contribution is -2.20. The normalized spacial score (nSPS) is 11.5. The van der Waals surface area contributed by atoms with Gasteiger partial charge < -0.3 is 14.2 Å². The van der Waals surface area contributed by atoms with E-state index < -0.39 is 23.8 Å². The van der Waals surface area contributed by atoms with Crippen molar-refractivity contribution in [3.8, 4) is 0 Å². The minimum Gasteiger partial charge on any atom is -0.466 e. The minimum absolute atomic E-state index is 0.00199. The molecule has 0 aromatic carbocycles. The highest BCUT2D eigenvalue weighted by atomic mass is 16.6. The average Bonchev–Trinajstić information content (AvgIpc) is 2.23. The Hall–Kier alpha value is -1.59. The average molecular weight is 245 g/mol. The second kappa shape index (κ2) is 8.55. The number of carbonyl (C=O) groups is 3. The molecule has 0 spiro atoms. The number of hydrogen-bond acceptors (Lipinski definition) is 6. The summed E-state index contributed by atoms with van der Waals surface area (Å²) in [7, 11) is 0. The van der Waals surface area contributed by atoms with E-state index in [4.69, 9.17) is 4.74 Å². The van der Waals surface area contributed by atoms with Crippen LogP contribution in [0.1, 0.15) is 20.3 Å². The smallest absolute Gasteiger partial charge is 0.309 e. The molecule has 0 fully saturated rings. The van der Waals surface area contributed by atoms with Gasteiger partial charge in [-0.3, -0.25) is 14.4 Å². The van der Waals surface area contributed by atoms with E-state index in [2.05, 4.69) is 16.4 Å². The summed E-state index contributed by atoms with van der Waals surface area (Å²) in [5.41, 5.74) is 0. The topological polar surface area (TPSA) is 78.9 Å². The fourth-order valence-corrected chi connectivity index (χ4v) is 0.908. The third-order valence-corrected chi connectivity index (χ3v) is 1.74. The van der Waals surface area contributed by atoms with Gasteiger partial charge in [0.15, 0.2) is 0 Å². The number of hydrogen-bond donors (Lipinski definition) is 0. The summed E-state index contributed by atoms with van der Waals surface area (Å²) in [6.45, 7) is 6.28. The third kappa shape index (κ3) is 9.35. The van der Waals surface area contributed by atoms with Crippen molar-refractivity contribution in [3.05, 3.63) is 6.92 Å². The first kappa shape index (κ1) is 15.4. The van der Waals surface area contributed by atoms with Gasteiger partial charge >= 0.3 is 17.9 Å². The van der Waals surface area contributed by atoms with Crippen LogP contribution in [0.4, 0.5) is 0 Å². The zero-order valence-corrected chi connectivity index (χ0v) is 10.1. The van der Waals surface area contributed by atoms with Crippen molar-refractivity contribution in [3.63, 3.8) is 0 Å². The molecule has 0 heterocycles. The Kier molecular flexibility index (Phi) is 7.75. The number of carbonyl (C=O) groups excluding carboxylic acids is 3. The molecule has 0 aromatic heterocycles. The summed E-state index contributed by atoms with van der Waals surface area (Å²) in [5.74, 6) is -1.95. The zero-order valence-electron chi connectivity index (χ0n) is 10.1. The van der Waals surface area contributed by atoms with Crippen molar-refractivity contribution in [2.24, 2.45) is 5.92 Å². The molecule has 6 nitrogen and oxygen atoms in total. The summed E-state index contributed by atoms with van der Waals surface area (Å²) in [6, 6.07) is 0. The first-order valence-electron chi connectivity index (χ1n) is 5.20. The molecule has 0 aliphatic heterocycles. The van der Waals surface area contributed by atoms with E-state index >= 15 is 0 Å². The summed E-state index contributed by atoms with van der Waals surface area (Å²) >= 11 is 0. The zero-order chi connectivity index (χ0) is 13.3. The van der Waals surface area contributed by atoms with Gasteiger partial charge in [-0.25, -0.2) is 0 Å². The number of rotatable bonds is 7. The van der Waals surface area contributed by atoms with Gasteiger partial charge in [-0.15, -0.1) is 0 Å². The van der Waals surface area contributed by atoms with Gasteiger partial charge in [0.1, 0.15) is 13.2 Å². The largest absolute Gasteiger partial charge is 0.466 e. The molecule has 0 saturated carbocycles. The van der Waals surface area contributed by atoms with Crippen molar-refractivity contribution < 1.29 is 28.6 Å². The lowest BCUT2D eigenvalue weighted by Gasteiger charge is -2.11. The third-order valence-electron chi connectivity index (χ3n) is 1.74. The van der Waals surface area contributed by atoms with Gasteiger partial charge in [-0.05, 0) is 13.3 Å². The van der Waals surface area contributed by atoms with Crippen LogP contribution in [0.5, 0.6) is 0 Å². The van der Waals surface area contributed by atoms with Crippen molar-refractivity contribution in [2.45, 2.75) is 20.3 Å². The fraction of sp³-hybridized carbons (Fsp3) is 0.636. The highest BCUT2D eigenvalue weighted by Crippen LogP contribution is 2.04. The highest BCUT2D eigenvalue weighted by molar-refractivity contribution is 5.73. The van der Waals surface area contributed by atoms with Crippen LogP contribution in [0.3, 0.4) is 0 Å².